The number of hydrogen-bond acceptors (Lipinski definition) is 2. The molecule has 0 heterocycles. The predicted octanol–water partition coefficient (Wildman–Crippen LogP) is 2.21. The molecule has 1 atom stereocenters. The van der Waals surface area contributed by atoms with Gasteiger partial charge in [-0.1, -0.05) is 34.8 Å². The summed E-state index contributed by atoms with van der Waals surface area (Å²) in [7, 11) is 0. The molecule has 1 unspecified atom stereocenters. The summed E-state index contributed by atoms with van der Waals surface area (Å²) in [5.74, 6) is 0. The fourth-order valence-corrected chi connectivity index (χ4v) is 0.447. The van der Waals surface area contributed by atoms with E-state index in [0.717, 1.165) is 0 Å². The van der Waals surface area contributed by atoms with Crippen LogP contribution >= 0.6 is 34.8 Å². The summed E-state index contributed by atoms with van der Waals surface area (Å²) < 4.78 is 35.2. The summed E-state index contributed by atoms with van der Waals surface area (Å²) in [4.78, 5) is 0. The van der Waals surface area contributed by atoms with E-state index >= 15 is 0 Å². The van der Waals surface area contributed by atoms with Gasteiger partial charge >= 0.3 is 6.18 Å². The Labute approximate surface area is 74.8 Å². The summed E-state index contributed by atoms with van der Waals surface area (Å²) in [6, 6.07) is 0. The highest BCUT2D eigenvalue weighted by molar-refractivity contribution is 6.66. The molecule has 0 radical (unpaired) electrons. The van der Waals surface area contributed by atoms with Gasteiger partial charge in [-0.15, -0.1) is 0 Å². The molecule has 0 spiro atoms. The van der Waals surface area contributed by atoms with Crippen molar-refractivity contribution in [3.05, 3.63) is 0 Å². The van der Waals surface area contributed by atoms with Gasteiger partial charge in [-0.05, 0) is 0 Å². The van der Waals surface area contributed by atoms with Crippen molar-refractivity contribution in [2.24, 2.45) is 0 Å². The average molecular weight is 233 g/mol. The van der Waals surface area contributed by atoms with Gasteiger partial charge in [0.05, 0.1) is 0 Å². The Morgan fingerprint density at radius 3 is 1.64 bits per heavy atom. The van der Waals surface area contributed by atoms with Crippen molar-refractivity contribution in [1.82, 2.24) is 0 Å². The number of halogens is 6. The molecule has 0 aliphatic carbocycles. The molecule has 0 aromatic carbocycles. The van der Waals surface area contributed by atoms with Gasteiger partial charge < -0.3 is 5.11 Å². The van der Waals surface area contributed by atoms with Crippen molar-refractivity contribution < 1.29 is 23.0 Å². The Morgan fingerprint density at radius 2 is 1.55 bits per heavy atom. The van der Waals surface area contributed by atoms with Crippen LogP contribution in [0.25, 0.3) is 0 Å². The summed E-state index contributed by atoms with van der Waals surface area (Å²) in [6.45, 7) is 0. The zero-order valence-electron chi connectivity index (χ0n) is 4.70. The minimum absolute atomic E-state index is 2.57. The molecule has 0 aliphatic heterocycles. The van der Waals surface area contributed by atoms with Crippen LogP contribution in [0.2, 0.25) is 0 Å². The van der Waals surface area contributed by atoms with Gasteiger partial charge in [0.15, 0.2) is 0 Å². The smallest absolute Gasteiger partial charge is 0.361 e. The first kappa shape index (κ1) is 11.6. The SMILES string of the molecule is OC(OC(Cl)(Cl)Cl)C(F)(F)F. The van der Waals surface area contributed by atoms with Crippen LogP contribution < -0.4 is 0 Å². The van der Waals surface area contributed by atoms with E-state index in [0.29, 0.717) is 0 Å². The molecular weight excluding hydrogens is 231 g/mol. The largest absolute Gasteiger partial charge is 0.439 e. The average Bonchev–Trinajstić information content (AvgIpc) is 1.56. The van der Waals surface area contributed by atoms with E-state index in [-0.39, 0.29) is 0 Å². The van der Waals surface area contributed by atoms with Gasteiger partial charge in [-0.3, -0.25) is 4.74 Å². The van der Waals surface area contributed by atoms with Gasteiger partial charge in [-0.2, -0.15) is 13.2 Å². The topological polar surface area (TPSA) is 29.5 Å². The van der Waals surface area contributed by atoms with E-state index in [1.807, 2.05) is 0 Å². The van der Waals surface area contributed by atoms with Crippen molar-refractivity contribution in [3.8, 4) is 0 Å². The number of aliphatic hydroxyl groups is 1. The Hall–Kier alpha value is 0.580. The van der Waals surface area contributed by atoms with Gasteiger partial charge in [0.2, 0.25) is 0 Å². The van der Waals surface area contributed by atoms with Crippen LogP contribution in [0, 0.1) is 0 Å². The summed E-state index contributed by atoms with van der Waals surface area (Å²) in [5, 5.41) is 8.12. The molecule has 0 saturated heterocycles. The third kappa shape index (κ3) is 5.81. The highest BCUT2D eigenvalue weighted by Crippen LogP contribution is 2.33. The molecule has 0 aliphatic rings. The van der Waals surface area contributed by atoms with Crippen molar-refractivity contribution in [2.75, 3.05) is 0 Å². The van der Waals surface area contributed by atoms with Crippen LogP contribution in [0.4, 0.5) is 13.2 Å². The molecule has 0 rings (SSSR count). The minimum atomic E-state index is -4.95. The van der Waals surface area contributed by atoms with Crippen LogP contribution in [0.5, 0.6) is 0 Å². The lowest BCUT2D eigenvalue weighted by molar-refractivity contribution is -0.295. The van der Waals surface area contributed by atoms with Gasteiger partial charge in [0, 0.05) is 0 Å². The van der Waals surface area contributed by atoms with E-state index in [1.54, 1.807) is 0 Å². The lowest BCUT2D eigenvalue weighted by atomic mass is 10.6. The quantitative estimate of drug-likeness (QED) is 0.556. The molecule has 68 valence electrons. The predicted molar refractivity (Wildman–Crippen MR) is 33.4 cm³/mol. The number of alkyl halides is 6. The molecule has 2 nitrogen and oxygen atoms in total. The molecular formula is C3H2Cl3F3O2. The molecule has 0 amide bonds. The van der Waals surface area contributed by atoms with Crippen LogP contribution in [0.15, 0.2) is 0 Å². The number of ether oxygens (including phenoxy) is 1. The Kier molecular flexibility index (Phi) is 3.72. The first-order chi connectivity index (χ1) is 4.63. The van der Waals surface area contributed by atoms with Crippen LogP contribution in [-0.2, 0) is 4.74 Å². The van der Waals surface area contributed by atoms with E-state index < -0.39 is 16.4 Å². The third-order valence-electron chi connectivity index (χ3n) is 0.525. The number of hydrogen-bond donors (Lipinski definition) is 1. The lowest BCUT2D eigenvalue weighted by Gasteiger charge is -2.19. The maximum Gasteiger partial charge on any atom is 0.439 e. The van der Waals surface area contributed by atoms with Gasteiger partial charge in [0.1, 0.15) is 0 Å². The second-order valence-electron chi connectivity index (χ2n) is 1.46. The fraction of sp³-hybridized carbons (Fsp3) is 1.00. The first-order valence-electron chi connectivity index (χ1n) is 2.12. The normalized spacial score (nSPS) is 16.6. The molecule has 0 aromatic rings. The van der Waals surface area contributed by atoms with Gasteiger partial charge in [0.25, 0.3) is 10.3 Å². The second kappa shape index (κ2) is 3.53. The molecule has 0 fully saturated rings. The number of rotatable bonds is 1. The van der Waals surface area contributed by atoms with Crippen molar-refractivity contribution >= 4 is 34.8 Å². The van der Waals surface area contributed by atoms with Crippen LogP contribution in [-0.4, -0.2) is 21.6 Å². The highest BCUT2D eigenvalue weighted by Gasteiger charge is 2.43. The standard InChI is InChI=1S/C3H2Cl3F3O2/c4-3(5,6)11-1(10)2(7,8)9/h1,10H. The number of aliphatic hydroxyl groups excluding tert-OH is 1. The molecule has 0 saturated carbocycles. The Balaban J connectivity index is 3.99. The summed E-state index contributed by atoms with van der Waals surface area (Å²) in [5.41, 5.74) is 0. The van der Waals surface area contributed by atoms with Crippen LogP contribution in [0.3, 0.4) is 0 Å². The van der Waals surface area contributed by atoms with Crippen molar-refractivity contribution in [1.29, 1.82) is 0 Å². The molecule has 1 N–H and O–H groups in total. The Bertz CT molecular complexity index is 131. The van der Waals surface area contributed by atoms with Gasteiger partial charge in [-0.25, -0.2) is 0 Å². The fourth-order valence-electron chi connectivity index (χ4n) is 0.193. The zero-order valence-corrected chi connectivity index (χ0v) is 6.97. The third-order valence-corrected chi connectivity index (χ3v) is 0.793. The van der Waals surface area contributed by atoms with E-state index in [1.165, 1.54) is 0 Å². The van der Waals surface area contributed by atoms with E-state index in [9.17, 15) is 13.2 Å². The maximum absolute atomic E-state index is 11.4. The summed E-state index contributed by atoms with van der Waals surface area (Å²) >= 11 is 14.3. The molecule has 0 bridgehead atoms. The first-order valence-corrected chi connectivity index (χ1v) is 3.25. The second-order valence-corrected chi connectivity index (χ2v) is 3.63. The molecule has 8 heteroatoms. The summed E-state index contributed by atoms with van der Waals surface area (Å²) in [6.07, 6.45) is -8.04. The minimum Gasteiger partial charge on any atom is -0.361 e. The zero-order chi connectivity index (χ0) is 9.28. The van der Waals surface area contributed by atoms with Crippen molar-refractivity contribution in [2.45, 2.75) is 16.4 Å². The molecule has 0 aromatic heterocycles. The van der Waals surface area contributed by atoms with Crippen molar-refractivity contribution in [3.63, 3.8) is 0 Å². The van der Waals surface area contributed by atoms with E-state index in [2.05, 4.69) is 4.74 Å². The highest BCUT2D eigenvalue weighted by atomic mass is 35.6. The lowest BCUT2D eigenvalue weighted by Crippen LogP contribution is -2.35. The maximum atomic E-state index is 11.4. The monoisotopic (exact) mass is 232 g/mol. The van der Waals surface area contributed by atoms with E-state index in [4.69, 9.17) is 39.9 Å². The Morgan fingerprint density at radius 1 is 1.18 bits per heavy atom. The van der Waals surface area contributed by atoms with Crippen LogP contribution in [0.1, 0.15) is 0 Å². The molecule has 11 heavy (non-hydrogen) atoms.